The van der Waals surface area contributed by atoms with Crippen molar-refractivity contribution in [1.82, 2.24) is 29.7 Å². The molecule has 8 nitrogen and oxygen atoms in total. The van der Waals surface area contributed by atoms with Crippen LogP contribution in [0.1, 0.15) is 16.1 Å². The van der Waals surface area contributed by atoms with Crippen LogP contribution in [0.2, 0.25) is 0 Å². The van der Waals surface area contributed by atoms with Crippen LogP contribution in [0.15, 0.2) is 42.6 Å². The molecule has 1 aliphatic heterocycles. The van der Waals surface area contributed by atoms with Crippen LogP contribution in [-0.4, -0.2) is 89.5 Å². The van der Waals surface area contributed by atoms with Gasteiger partial charge in [-0.2, -0.15) is 0 Å². The summed E-state index contributed by atoms with van der Waals surface area (Å²) in [6.07, 6.45) is 1.76. The lowest BCUT2D eigenvalue weighted by Crippen LogP contribution is -2.47. The van der Waals surface area contributed by atoms with Gasteiger partial charge in [0.15, 0.2) is 5.69 Å². The number of rotatable bonds is 7. The van der Waals surface area contributed by atoms with Gasteiger partial charge in [0.1, 0.15) is 5.75 Å². The molecular formula is C23H30N6O2. The van der Waals surface area contributed by atoms with Gasteiger partial charge in [-0.1, -0.05) is 35.5 Å². The van der Waals surface area contributed by atoms with Crippen LogP contribution in [-0.2, 0) is 13.1 Å². The highest BCUT2D eigenvalue weighted by Crippen LogP contribution is 2.28. The fourth-order valence-electron chi connectivity index (χ4n) is 3.97. The van der Waals surface area contributed by atoms with Crippen LogP contribution in [0.25, 0.3) is 10.8 Å². The summed E-state index contributed by atoms with van der Waals surface area (Å²) in [5, 5.41) is 10.6. The molecule has 0 bridgehead atoms. The van der Waals surface area contributed by atoms with Crippen molar-refractivity contribution >= 4 is 16.7 Å². The predicted octanol–water partition coefficient (Wildman–Crippen LogP) is 1.96. The Kier molecular flexibility index (Phi) is 6.48. The number of hydrogen-bond donors (Lipinski definition) is 0. The minimum atomic E-state index is -0.0302. The molecule has 0 atom stereocenters. The fourth-order valence-corrected chi connectivity index (χ4v) is 3.97. The maximum atomic E-state index is 12.6. The maximum absolute atomic E-state index is 12.6. The van der Waals surface area contributed by atoms with E-state index < -0.39 is 0 Å². The highest BCUT2D eigenvalue weighted by molar-refractivity contribution is 5.92. The lowest BCUT2D eigenvalue weighted by atomic mass is 10.0. The molecule has 1 amide bonds. The van der Waals surface area contributed by atoms with E-state index >= 15 is 0 Å². The van der Waals surface area contributed by atoms with Crippen LogP contribution in [0.4, 0.5) is 0 Å². The van der Waals surface area contributed by atoms with Crippen molar-refractivity contribution in [2.24, 2.45) is 0 Å². The summed E-state index contributed by atoms with van der Waals surface area (Å²) < 4.78 is 7.25. The third-order valence-corrected chi connectivity index (χ3v) is 5.89. The zero-order valence-corrected chi connectivity index (χ0v) is 18.5. The third kappa shape index (κ3) is 4.86. The van der Waals surface area contributed by atoms with Crippen molar-refractivity contribution in [2.45, 2.75) is 13.1 Å². The third-order valence-electron chi connectivity index (χ3n) is 5.89. The molecule has 164 valence electrons. The minimum absolute atomic E-state index is 0.0302. The van der Waals surface area contributed by atoms with Gasteiger partial charge in [-0.25, -0.2) is 0 Å². The zero-order valence-electron chi connectivity index (χ0n) is 18.5. The number of methoxy groups -OCH3 is 1. The Balaban J connectivity index is 1.35. The summed E-state index contributed by atoms with van der Waals surface area (Å²) in [5.74, 6) is 0.861. The summed E-state index contributed by atoms with van der Waals surface area (Å²) in [6.45, 7) is 5.54. The van der Waals surface area contributed by atoms with E-state index in [0.29, 0.717) is 12.2 Å². The van der Waals surface area contributed by atoms with Crippen LogP contribution in [0.5, 0.6) is 5.75 Å². The number of carbonyl (C=O) groups is 1. The molecule has 31 heavy (non-hydrogen) atoms. The van der Waals surface area contributed by atoms with Crippen molar-refractivity contribution in [3.8, 4) is 5.75 Å². The number of hydrogen-bond acceptors (Lipinski definition) is 6. The Morgan fingerprint density at radius 2 is 1.84 bits per heavy atom. The molecule has 1 aliphatic rings. The molecule has 4 rings (SSSR count). The van der Waals surface area contributed by atoms with Crippen molar-refractivity contribution in [1.29, 1.82) is 0 Å². The molecule has 2 aromatic carbocycles. The van der Waals surface area contributed by atoms with Gasteiger partial charge < -0.3 is 19.4 Å². The summed E-state index contributed by atoms with van der Waals surface area (Å²) >= 11 is 0. The first-order valence-corrected chi connectivity index (χ1v) is 10.7. The van der Waals surface area contributed by atoms with Crippen molar-refractivity contribution in [3.63, 3.8) is 0 Å². The average molecular weight is 423 g/mol. The number of aromatic nitrogens is 3. The molecule has 0 saturated carbocycles. The van der Waals surface area contributed by atoms with E-state index in [1.54, 1.807) is 18.0 Å². The second-order valence-electron chi connectivity index (χ2n) is 8.17. The van der Waals surface area contributed by atoms with Gasteiger partial charge in [0.2, 0.25) is 0 Å². The first-order valence-electron chi connectivity index (χ1n) is 10.7. The Hall–Kier alpha value is -2.97. The Morgan fingerprint density at radius 3 is 2.58 bits per heavy atom. The number of fused-ring (bicyclic) bond motifs is 1. The number of piperazine rings is 1. The molecule has 2 heterocycles. The number of likely N-dealkylation sites (N-methyl/N-ethyl adjacent to an activating group) is 2. The molecule has 0 spiro atoms. The van der Waals surface area contributed by atoms with Gasteiger partial charge in [-0.15, -0.1) is 5.10 Å². The number of ether oxygens (including phenoxy) is 1. The van der Waals surface area contributed by atoms with Crippen LogP contribution in [0, 0.1) is 0 Å². The monoisotopic (exact) mass is 422 g/mol. The quantitative estimate of drug-likeness (QED) is 0.580. The van der Waals surface area contributed by atoms with Crippen molar-refractivity contribution < 1.29 is 9.53 Å². The van der Waals surface area contributed by atoms with Gasteiger partial charge in [0, 0.05) is 44.7 Å². The van der Waals surface area contributed by atoms with E-state index in [-0.39, 0.29) is 5.91 Å². The molecule has 0 radical (unpaired) electrons. The summed E-state index contributed by atoms with van der Waals surface area (Å²) in [7, 11) is 5.87. The Morgan fingerprint density at radius 1 is 1.10 bits per heavy atom. The molecule has 1 fully saturated rings. The topological polar surface area (TPSA) is 66.7 Å². The lowest BCUT2D eigenvalue weighted by molar-refractivity contribution is 0.0658. The molecule has 1 saturated heterocycles. The fraction of sp³-hybridized carbons (Fsp3) is 0.435. The maximum Gasteiger partial charge on any atom is 0.276 e. The number of amides is 1. The molecule has 3 aromatic rings. The van der Waals surface area contributed by atoms with Gasteiger partial charge in [-0.05, 0) is 31.1 Å². The average Bonchev–Trinajstić information content (AvgIpc) is 3.27. The van der Waals surface area contributed by atoms with Crippen molar-refractivity contribution in [3.05, 3.63) is 53.9 Å². The Bertz CT molecular complexity index is 1040. The van der Waals surface area contributed by atoms with E-state index in [9.17, 15) is 4.79 Å². The molecule has 1 aromatic heterocycles. The lowest BCUT2D eigenvalue weighted by Gasteiger charge is -2.31. The van der Waals surface area contributed by atoms with Crippen LogP contribution in [0.3, 0.4) is 0 Å². The smallest absolute Gasteiger partial charge is 0.276 e. The highest BCUT2D eigenvalue weighted by atomic mass is 16.5. The minimum Gasteiger partial charge on any atom is -0.496 e. The largest absolute Gasteiger partial charge is 0.496 e. The summed E-state index contributed by atoms with van der Waals surface area (Å²) in [5.41, 5.74) is 1.68. The predicted molar refractivity (Wildman–Crippen MR) is 120 cm³/mol. The second kappa shape index (κ2) is 9.45. The van der Waals surface area contributed by atoms with Crippen LogP contribution >= 0.6 is 0 Å². The first kappa shape index (κ1) is 21.3. The van der Waals surface area contributed by atoms with Gasteiger partial charge >= 0.3 is 0 Å². The number of carbonyl (C=O) groups excluding carboxylic acids is 1. The summed E-state index contributed by atoms with van der Waals surface area (Å²) in [4.78, 5) is 19.0. The van der Waals surface area contributed by atoms with Crippen LogP contribution < -0.4 is 4.74 Å². The van der Waals surface area contributed by atoms with E-state index in [0.717, 1.165) is 50.4 Å². The highest BCUT2D eigenvalue weighted by Gasteiger charge is 2.22. The van der Waals surface area contributed by atoms with Gasteiger partial charge in [-0.3, -0.25) is 9.48 Å². The van der Waals surface area contributed by atoms with E-state index in [2.05, 4.69) is 58.5 Å². The normalized spacial score (nSPS) is 15.0. The number of benzene rings is 2. The summed E-state index contributed by atoms with van der Waals surface area (Å²) in [6, 6.07) is 12.5. The van der Waals surface area contributed by atoms with Crippen molar-refractivity contribution in [2.75, 3.05) is 53.9 Å². The van der Waals surface area contributed by atoms with E-state index in [4.69, 9.17) is 4.74 Å². The van der Waals surface area contributed by atoms with E-state index in [1.807, 2.05) is 17.0 Å². The van der Waals surface area contributed by atoms with Gasteiger partial charge in [0.05, 0.1) is 19.9 Å². The number of nitrogens with zero attached hydrogens (tertiary/aromatic N) is 6. The molecule has 0 unspecified atom stereocenters. The molecular weight excluding hydrogens is 392 g/mol. The zero-order chi connectivity index (χ0) is 21.8. The van der Waals surface area contributed by atoms with Gasteiger partial charge in [0.25, 0.3) is 5.91 Å². The molecule has 0 aliphatic carbocycles. The molecule has 0 N–H and O–H groups in total. The second-order valence-corrected chi connectivity index (χ2v) is 8.17. The SMILES string of the molecule is COc1ccc(CN(C)CCn2cc(C(=O)N3CCN(C)CC3)nn2)c2ccccc12. The standard InChI is InChI=1S/C23H30N6O2/c1-26-10-13-28(14-11-26)23(30)21-17-29(25-24-21)15-12-27(2)16-18-8-9-22(31-3)20-7-5-4-6-19(18)20/h4-9,17H,10-16H2,1-3H3. The molecule has 8 heteroatoms. The first-order chi connectivity index (χ1) is 15.0. The Labute approximate surface area is 183 Å². The van der Waals surface area contributed by atoms with E-state index in [1.165, 1.54) is 10.9 Å².